The highest BCUT2D eigenvalue weighted by molar-refractivity contribution is 7.91. The number of amides is 1. The minimum atomic E-state index is -4.64. The van der Waals surface area contributed by atoms with Crippen molar-refractivity contribution in [3.63, 3.8) is 0 Å². The van der Waals surface area contributed by atoms with Gasteiger partial charge in [-0.15, -0.1) is 0 Å². The van der Waals surface area contributed by atoms with Crippen molar-refractivity contribution in [2.24, 2.45) is 0 Å². The van der Waals surface area contributed by atoms with Gasteiger partial charge in [0.1, 0.15) is 11.8 Å². The third-order valence-electron chi connectivity index (χ3n) is 5.61. The predicted octanol–water partition coefficient (Wildman–Crippen LogP) is 5.47. The largest absolute Gasteiger partial charge is 0.497 e. The summed E-state index contributed by atoms with van der Waals surface area (Å²) >= 11 is 5.85. The molecule has 1 aliphatic carbocycles. The van der Waals surface area contributed by atoms with Crippen molar-refractivity contribution in [1.29, 1.82) is 0 Å². The summed E-state index contributed by atoms with van der Waals surface area (Å²) in [6.45, 7) is 1.43. The molecule has 1 heterocycles. The molecule has 1 N–H and O–H groups in total. The number of benzene rings is 2. The molecule has 0 spiro atoms. The second kappa shape index (κ2) is 9.19. The minimum absolute atomic E-state index is 0.00825. The van der Waals surface area contributed by atoms with Gasteiger partial charge in [0.15, 0.2) is 5.69 Å². The fourth-order valence-corrected chi connectivity index (χ4v) is 5.01. The van der Waals surface area contributed by atoms with Gasteiger partial charge in [-0.25, -0.2) is 8.42 Å². The lowest BCUT2D eigenvalue weighted by Crippen LogP contribution is -2.26. The highest BCUT2D eigenvalue weighted by Crippen LogP contribution is 2.43. The Morgan fingerprint density at radius 2 is 1.80 bits per heavy atom. The topological polar surface area (TPSA) is 90.3 Å². The molecule has 7 nitrogen and oxygen atoms in total. The molecule has 1 atom stereocenters. The van der Waals surface area contributed by atoms with E-state index in [0.717, 1.165) is 23.6 Å². The summed E-state index contributed by atoms with van der Waals surface area (Å²) in [4.78, 5) is 12.8. The van der Waals surface area contributed by atoms with Gasteiger partial charge in [-0.2, -0.15) is 18.3 Å². The number of hydrogen-bond donors (Lipinski definition) is 1. The maximum Gasteiger partial charge on any atom is 0.435 e. The average Bonchev–Trinajstić information content (AvgIpc) is 3.55. The quantitative estimate of drug-likeness (QED) is 0.440. The highest BCUT2D eigenvalue weighted by atomic mass is 35.5. The van der Waals surface area contributed by atoms with Gasteiger partial charge in [-0.05, 0) is 62.2 Å². The summed E-state index contributed by atoms with van der Waals surface area (Å²) in [5, 5.41) is 6.59. The Balaban J connectivity index is 1.64. The number of nitrogens with one attached hydrogen (secondary N) is 1. The minimum Gasteiger partial charge on any atom is -0.497 e. The zero-order chi connectivity index (χ0) is 25.5. The molecule has 0 aliphatic heterocycles. The molecule has 1 fully saturated rings. The number of aromatic nitrogens is 2. The predicted molar refractivity (Wildman–Crippen MR) is 122 cm³/mol. The summed E-state index contributed by atoms with van der Waals surface area (Å²) < 4.78 is 72.1. The zero-order valence-corrected chi connectivity index (χ0v) is 20.2. The number of carbonyl (C=O) groups is 1. The van der Waals surface area contributed by atoms with Gasteiger partial charge in [-0.1, -0.05) is 11.6 Å². The van der Waals surface area contributed by atoms with E-state index in [-0.39, 0.29) is 27.1 Å². The molecule has 1 aromatic heterocycles. The van der Waals surface area contributed by atoms with Crippen LogP contribution in [0.3, 0.4) is 0 Å². The van der Waals surface area contributed by atoms with E-state index in [1.165, 1.54) is 56.5 Å². The number of sulfone groups is 1. The first-order chi connectivity index (χ1) is 16.4. The summed E-state index contributed by atoms with van der Waals surface area (Å²) in [7, 11) is -2.63. The Morgan fingerprint density at radius 3 is 2.37 bits per heavy atom. The van der Waals surface area contributed by atoms with Crippen LogP contribution in [0.15, 0.2) is 58.3 Å². The third-order valence-corrected chi connectivity index (χ3v) is 7.62. The van der Waals surface area contributed by atoms with Crippen LogP contribution in [-0.2, 0) is 20.8 Å². The Bertz CT molecular complexity index is 1370. The fraction of sp³-hybridized carbons (Fsp3) is 0.304. The Kier molecular flexibility index (Phi) is 6.58. The van der Waals surface area contributed by atoms with E-state index in [1.807, 2.05) is 0 Å². The van der Waals surface area contributed by atoms with E-state index in [9.17, 15) is 26.4 Å². The van der Waals surface area contributed by atoms with Crippen LogP contribution in [0.4, 0.5) is 18.9 Å². The van der Waals surface area contributed by atoms with E-state index < -0.39 is 33.7 Å². The van der Waals surface area contributed by atoms with Crippen molar-refractivity contribution in [3.05, 3.63) is 64.9 Å². The molecule has 0 saturated heterocycles. The Labute approximate surface area is 204 Å². The van der Waals surface area contributed by atoms with Crippen molar-refractivity contribution in [1.82, 2.24) is 9.78 Å². The first-order valence-electron chi connectivity index (χ1n) is 10.6. The number of carbonyl (C=O) groups excluding carboxylic acids is 1. The molecule has 1 unspecified atom stereocenters. The molecule has 4 rings (SSSR count). The zero-order valence-electron chi connectivity index (χ0n) is 18.6. The number of rotatable bonds is 7. The van der Waals surface area contributed by atoms with Crippen LogP contribution in [0, 0.1) is 0 Å². The fourth-order valence-electron chi connectivity index (χ4n) is 3.57. The smallest absolute Gasteiger partial charge is 0.435 e. The second-order valence-electron chi connectivity index (χ2n) is 8.19. The SMILES string of the molecule is COc1cc(NC(=O)C(C)n2nc(C(F)(F)F)cc2C2CC2)cc(S(=O)(=O)c2ccc(Cl)cc2)c1. The van der Waals surface area contributed by atoms with Crippen LogP contribution in [0.25, 0.3) is 0 Å². The lowest BCUT2D eigenvalue weighted by molar-refractivity contribution is -0.141. The van der Waals surface area contributed by atoms with Crippen LogP contribution in [0.1, 0.15) is 43.1 Å². The number of hydrogen-bond acceptors (Lipinski definition) is 5. The first kappa shape index (κ1) is 25.1. The van der Waals surface area contributed by atoms with E-state index >= 15 is 0 Å². The van der Waals surface area contributed by atoms with Gasteiger partial charge in [0.25, 0.3) is 0 Å². The van der Waals surface area contributed by atoms with Crippen molar-refractivity contribution in [2.75, 3.05) is 12.4 Å². The Hall–Kier alpha value is -3.05. The monoisotopic (exact) mass is 527 g/mol. The second-order valence-corrected chi connectivity index (χ2v) is 10.6. The molecule has 1 saturated carbocycles. The number of nitrogens with zero attached hydrogens (tertiary/aromatic N) is 2. The normalized spacial score (nSPS) is 15.0. The van der Waals surface area contributed by atoms with Crippen LogP contribution < -0.4 is 10.1 Å². The lowest BCUT2D eigenvalue weighted by atomic mass is 10.2. The lowest BCUT2D eigenvalue weighted by Gasteiger charge is -2.17. The summed E-state index contributed by atoms with van der Waals surface area (Å²) in [6, 6.07) is 9.46. The van der Waals surface area contributed by atoms with Crippen LogP contribution >= 0.6 is 11.6 Å². The van der Waals surface area contributed by atoms with E-state index in [4.69, 9.17) is 16.3 Å². The molecule has 12 heteroatoms. The van der Waals surface area contributed by atoms with Gasteiger partial charge in [0, 0.05) is 28.4 Å². The van der Waals surface area contributed by atoms with E-state index in [1.54, 1.807) is 0 Å². The number of methoxy groups -OCH3 is 1. The van der Waals surface area contributed by atoms with Crippen LogP contribution in [0.5, 0.6) is 5.75 Å². The van der Waals surface area contributed by atoms with Gasteiger partial charge in [0.2, 0.25) is 15.7 Å². The molecule has 35 heavy (non-hydrogen) atoms. The third kappa shape index (κ3) is 5.30. The molecular formula is C23H21ClF3N3O4S. The van der Waals surface area contributed by atoms with Crippen molar-refractivity contribution in [3.8, 4) is 5.75 Å². The van der Waals surface area contributed by atoms with Gasteiger partial charge in [0.05, 0.1) is 16.9 Å². The summed E-state index contributed by atoms with van der Waals surface area (Å²) in [5.41, 5.74) is -0.613. The summed E-state index contributed by atoms with van der Waals surface area (Å²) in [6.07, 6.45) is -3.19. The Morgan fingerprint density at radius 1 is 1.14 bits per heavy atom. The van der Waals surface area contributed by atoms with Crippen molar-refractivity contribution < 1.29 is 31.1 Å². The molecule has 1 amide bonds. The summed E-state index contributed by atoms with van der Waals surface area (Å²) in [5.74, 6) is -0.575. The van der Waals surface area contributed by atoms with Gasteiger partial charge >= 0.3 is 6.18 Å². The van der Waals surface area contributed by atoms with E-state index in [0.29, 0.717) is 10.7 Å². The molecule has 2 aromatic carbocycles. The van der Waals surface area contributed by atoms with Crippen LogP contribution in [0.2, 0.25) is 5.02 Å². The average molecular weight is 528 g/mol. The number of alkyl halides is 3. The van der Waals surface area contributed by atoms with E-state index in [2.05, 4.69) is 10.4 Å². The molecule has 3 aromatic rings. The number of ether oxygens (including phenoxy) is 1. The molecule has 1 aliphatic rings. The first-order valence-corrected chi connectivity index (χ1v) is 12.4. The molecule has 0 bridgehead atoms. The standard InChI is InChI=1S/C23H21ClF3N3O4S/c1-13(30-20(14-3-4-14)12-21(29-30)23(25,26)27)22(31)28-16-9-17(34-2)11-19(10-16)35(32,33)18-7-5-15(24)6-8-18/h5-14H,3-4H2,1-2H3,(H,28,31). The van der Waals surface area contributed by atoms with Gasteiger partial charge < -0.3 is 10.1 Å². The maximum atomic E-state index is 13.2. The van der Waals surface area contributed by atoms with Crippen molar-refractivity contribution >= 4 is 33.0 Å². The highest BCUT2D eigenvalue weighted by Gasteiger charge is 2.39. The van der Waals surface area contributed by atoms with Gasteiger partial charge in [-0.3, -0.25) is 9.48 Å². The van der Waals surface area contributed by atoms with Crippen LogP contribution in [-0.4, -0.2) is 31.2 Å². The van der Waals surface area contributed by atoms with Crippen molar-refractivity contribution in [2.45, 2.75) is 47.7 Å². The number of anilines is 1. The molecule has 186 valence electrons. The molecule has 0 radical (unpaired) electrons. The molecular weight excluding hydrogens is 507 g/mol. The number of halogens is 4. The maximum absolute atomic E-state index is 13.2.